The Morgan fingerprint density at radius 1 is 1.26 bits per heavy atom. The standard InChI is InChI=1S/C15H17N5O3/c1-18-12-11(13(22)19(2)15(18)23)20(14(16)17-12)8-10(21)9-6-4-3-5-7-9/h3-7,10-11,16,21H,8H2,1-2H3/p+1. The van der Waals surface area contributed by atoms with E-state index >= 15 is 0 Å². The Balaban J connectivity index is 1.88. The highest BCUT2D eigenvalue weighted by Gasteiger charge is 2.51. The van der Waals surface area contributed by atoms with Crippen LogP contribution in [0.2, 0.25) is 0 Å². The number of nitrogens with zero attached hydrogens (tertiary/aromatic N) is 4. The van der Waals surface area contributed by atoms with Crippen molar-refractivity contribution in [2.75, 3.05) is 20.6 Å². The van der Waals surface area contributed by atoms with Crippen LogP contribution in [0.3, 0.4) is 0 Å². The van der Waals surface area contributed by atoms with E-state index in [1.54, 1.807) is 19.2 Å². The summed E-state index contributed by atoms with van der Waals surface area (Å²) >= 11 is 0. The molecule has 3 amide bonds. The van der Waals surface area contributed by atoms with E-state index < -0.39 is 24.1 Å². The molecule has 2 heterocycles. The molecule has 3 rings (SSSR count). The number of guanidine groups is 1. The van der Waals surface area contributed by atoms with Crippen LogP contribution in [0.1, 0.15) is 11.7 Å². The number of β-amino-alcohol motifs (C(OH)–C–C–N with tert-alkyl or cyclic N) is 1. The van der Waals surface area contributed by atoms with Crippen LogP contribution in [0.15, 0.2) is 35.3 Å². The number of hydrogen-bond acceptors (Lipinski definition) is 5. The van der Waals surface area contributed by atoms with Crippen molar-refractivity contribution in [3.63, 3.8) is 0 Å². The van der Waals surface area contributed by atoms with Gasteiger partial charge in [-0.25, -0.2) is 9.37 Å². The second kappa shape index (κ2) is 5.47. The molecule has 0 bridgehead atoms. The molecule has 1 saturated heterocycles. The lowest BCUT2D eigenvalue weighted by Crippen LogP contribution is -2.61. The summed E-state index contributed by atoms with van der Waals surface area (Å²) in [5, 5.41) is 10.4. The van der Waals surface area contributed by atoms with Gasteiger partial charge in [0.1, 0.15) is 6.10 Å². The van der Waals surface area contributed by atoms with Gasteiger partial charge in [-0.15, -0.1) is 0 Å². The van der Waals surface area contributed by atoms with Crippen molar-refractivity contribution in [2.24, 2.45) is 10.7 Å². The van der Waals surface area contributed by atoms with Gasteiger partial charge in [-0.2, -0.15) is 0 Å². The van der Waals surface area contributed by atoms with Crippen LogP contribution < -0.4 is 5.73 Å². The van der Waals surface area contributed by atoms with Crippen LogP contribution in [0.5, 0.6) is 0 Å². The predicted molar refractivity (Wildman–Crippen MR) is 82.9 cm³/mol. The fraction of sp³-hybridized carbons (Fsp3) is 0.333. The van der Waals surface area contributed by atoms with Crippen LogP contribution in [0.4, 0.5) is 4.79 Å². The third-order valence-corrected chi connectivity index (χ3v) is 4.12. The van der Waals surface area contributed by atoms with Crippen LogP contribution in [-0.2, 0) is 4.79 Å². The number of carbonyl (C=O) groups excluding carboxylic acids is 2. The van der Waals surface area contributed by atoms with Crippen LogP contribution in [0.25, 0.3) is 0 Å². The molecular weight excluding hydrogens is 298 g/mol. The van der Waals surface area contributed by atoms with Gasteiger partial charge in [0.2, 0.25) is 11.9 Å². The first kappa shape index (κ1) is 15.2. The lowest BCUT2D eigenvalue weighted by molar-refractivity contribution is -0.545. The zero-order valence-electron chi connectivity index (χ0n) is 12.9. The number of hydrogen-bond donors (Lipinski definition) is 2. The van der Waals surface area contributed by atoms with Gasteiger partial charge >= 0.3 is 12.0 Å². The minimum absolute atomic E-state index is 0.106. The summed E-state index contributed by atoms with van der Waals surface area (Å²) in [5.41, 5.74) is 6.63. The van der Waals surface area contributed by atoms with Crippen molar-refractivity contribution in [2.45, 2.75) is 12.1 Å². The maximum absolute atomic E-state index is 12.4. The van der Waals surface area contributed by atoms with Gasteiger partial charge in [0.25, 0.3) is 5.91 Å². The number of aliphatic hydroxyl groups is 1. The molecule has 2 atom stereocenters. The first-order valence-corrected chi connectivity index (χ1v) is 7.17. The van der Waals surface area contributed by atoms with Crippen molar-refractivity contribution in [3.8, 4) is 0 Å². The van der Waals surface area contributed by atoms with E-state index in [0.29, 0.717) is 0 Å². The number of fused-ring (bicyclic) bond motifs is 1. The monoisotopic (exact) mass is 316 g/mol. The number of amides is 3. The Bertz CT molecular complexity index is 728. The molecule has 0 spiro atoms. The number of aliphatic imine (C=N–C) groups is 1. The number of imide groups is 1. The number of likely N-dealkylation sites (N-methyl/N-ethyl adjacent to an activating group) is 2. The molecular formula is C15H18N5O3+. The van der Waals surface area contributed by atoms with Gasteiger partial charge in [0, 0.05) is 14.1 Å². The summed E-state index contributed by atoms with van der Waals surface area (Å²) in [7, 11) is 2.96. The zero-order chi connectivity index (χ0) is 16.7. The lowest BCUT2D eigenvalue weighted by Gasteiger charge is -2.32. The molecule has 23 heavy (non-hydrogen) atoms. The SMILES string of the molecule is CN1C(=O)C2C(=NC(N)=[N+]2CC(O)c2ccccc2)N(C)C1=O. The maximum Gasteiger partial charge on any atom is 0.387 e. The Morgan fingerprint density at radius 3 is 2.57 bits per heavy atom. The van der Waals surface area contributed by atoms with E-state index in [0.717, 1.165) is 10.5 Å². The second-order valence-electron chi connectivity index (χ2n) is 5.55. The minimum Gasteiger partial charge on any atom is -0.385 e. The van der Waals surface area contributed by atoms with Gasteiger partial charge in [-0.3, -0.25) is 20.3 Å². The van der Waals surface area contributed by atoms with Crippen molar-refractivity contribution in [1.82, 2.24) is 9.80 Å². The Morgan fingerprint density at radius 2 is 1.91 bits per heavy atom. The van der Waals surface area contributed by atoms with E-state index in [-0.39, 0.29) is 18.3 Å². The van der Waals surface area contributed by atoms with Gasteiger partial charge < -0.3 is 5.11 Å². The molecule has 120 valence electrons. The van der Waals surface area contributed by atoms with Gasteiger partial charge in [-0.05, 0) is 5.56 Å². The number of nitrogens with two attached hydrogens (primary N) is 1. The van der Waals surface area contributed by atoms with Crippen molar-refractivity contribution in [3.05, 3.63) is 35.9 Å². The van der Waals surface area contributed by atoms with Gasteiger partial charge in [0.05, 0.1) is 6.54 Å². The smallest absolute Gasteiger partial charge is 0.385 e. The third-order valence-electron chi connectivity index (χ3n) is 4.12. The number of urea groups is 1. The Hall–Kier alpha value is -2.74. The van der Waals surface area contributed by atoms with Crippen molar-refractivity contribution in [1.29, 1.82) is 0 Å². The minimum atomic E-state index is -0.828. The second-order valence-corrected chi connectivity index (χ2v) is 5.55. The Labute approximate surface area is 133 Å². The van der Waals surface area contributed by atoms with Crippen molar-refractivity contribution >= 4 is 23.7 Å². The quantitative estimate of drug-likeness (QED) is 0.724. The Kier molecular flexibility index (Phi) is 3.61. The predicted octanol–water partition coefficient (Wildman–Crippen LogP) is -0.648. The number of benzene rings is 1. The lowest BCUT2D eigenvalue weighted by atomic mass is 10.1. The molecule has 0 radical (unpaired) electrons. The van der Waals surface area contributed by atoms with Crippen LogP contribution >= 0.6 is 0 Å². The van der Waals surface area contributed by atoms with E-state index in [9.17, 15) is 14.7 Å². The van der Waals surface area contributed by atoms with Gasteiger partial charge in [-0.1, -0.05) is 35.3 Å². The van der Waals surface area contributed by atoms with Crippen LogP contribution in [0, 0.1) is 0 Å². The molecule has 1 fully saturated rings. The summed E-state index contributed by atoms with van der Waals surface area (Å²) in [6.07, 6.45) is -0.828. The topological polar surface area (TPSA) is 102 Å². The number of aliphatic hydroxyl groups excluding tert-OH is 1. The normalized spacial score (nSPS) is 22.4. The van der Waals surface area contributed by atoms with E-state index in [1.807, 2.05) is 18.2 Å². The summed E-state index contributed by atoms with van der Waals surface area (Å²) in [4.78, 5) is 30.9. The summed E-state index contributed by atoms with van der Waals surface area (Å²) in [6, 6.07) is 7.84. The fourth-order valence-corrected chi connectivity index (χ4v) is 2.78. The third kappa shape index (κ3) is 2.36. The molecule has 0 aliphatic carbocycles. The molecule has 2 aliphatic rings. The highest BCUT2D eigenvalue weighted by atomic mass is 16.3. The average molecular weight is 316 g/mol. The first-order chi connectivity index (χ1) is 10.9. The van der Waals surface area contributed by atoms with E-state index in [2.05, 4.69) is 4.99 Å². The molecule has 0 saturated carbocycles. The van der Waals surface area contributed by atoms with Crippen LogP contribution in [-0.4, -0.2) is 69.9 Å². The molecule has 8 heteroatoms. The highest BCUT2D eigenvalue weighted by molar-refractivity contribution is 6.22. The molecule has 1 aromatic rings. The zero-order valence-corrected chi connectivity index (χ0v) is 12.9. The summed E-state index contributed by atoms with van der Waals surface area (Å²) in [6.45, 7) is 0.106. The summed E-state index contributed by atoms with van der Waals surface area (Å²) < 4.78 is 1.52. The molecule has 3 N–H and O–H groups in total. The largest absolute Gasteiger partial charge is 0.387 e. The maximum atomic E-state index is 12.4. The summed E-state index contributed by atoms with van der Waals surface area (Å²) in [5.74, 6) is -0.00768. The fourth-order valence-electron chi connectivity index (χ4n) is 2.78. The molecule has 8 nitrogen and oxygen atoms in total. The highest BCUT2D eigenvalue weighted by Crippen LogP contribution is 2.21. The van der Waals surface area contributed by atoms with E-state index in [4.69, 9.17) is 5.73 Å². The average Bonchev–Trinajstić information content (AvgIpc) is 2.88. The first-order valence-electron chi connectivity index (χ1n) is 7.17. The molecule has 2 unspecified atom stereocenters. The number of rotatable bonds is 3. The molecule has 2 aliphatic heterocycles. The van der Waals surface area contributed by atoms with E-state index in [1.165, 1.54) is 16.5 Å². The van der Waals surface area contributed by atoms with Crippen molar-refractivity contribution < 1.29 is 19.3 Å². The number of amidine groups is 1. The number of carbonyl (C=O) groups is 2. The molecule has 0 aromatic heterocycles. The molecule has 1 aromatic carbocycles. The van der Waals surface area contributed by atoms with Gasteiger partial charge in [0.15, 0.2) is 0 Å².